The van der Waals surface area contributed by atoms with Crippen LogP contribution in [0.1, 0.15) is 48.9 Å². The number of rotatable bonds is 6. The molecule has 11 heteroatoms. The molecule has 4 bridgehead atoms. The molecule has 6 aliphatic heterocycles. The Labute approximate surface area is 219 Å². The highest BCUT2D eigenvalue weighted by molar-refractivity contribution is 5.61. The Morgan fingerprint density at radius 3 is 1.32 bits per heavy atom. The molecule has 0 amide bonds. The van der Waals surface area contributed by atoms with Crippen LogP contribution >= 0.6 is 0 Å². The van der Waals surface area contributed by atoms with Gasteiger partial charge in [0.05, 0.1) is 21.9 Å². The summed E-state index contributed by atoms with van der Waals surface area (Å²) in [5, 5.41) is 22.2. The van der Waals surface area contributed by atoms with Gasteiger partial charge < -0.3 is 9.47 Å². The maximum Gasteiger partial charge on any atom is 0.508 e. The van der Waals surface area contributed by atoms with Crippen LogP contribution in [-0.4, -0.2) is 64.2 Å². The molecule has 0 aromatic heterocycles. The van der Waals surface area contributed by atoms with Crippen LogP contribution in [0.25, 0.3) is 0 Å². The third kappa shape index (κ3) is 4.49. The van der Waals surface area contributed by atoms with Crippen molar-refractivity contribution >= 4 is 17.5 Å². The minimum Gasteiger partial charge on any atom is -0.429 e. The van der Waals surface area contributed by atoms with Crippen LogP contribution in [0.2, 0.25) is 0 Å². The zero-order valence-corrected chi connectivity index (χ0v) is 20.9. The van der Waals surface area contributed by atoms with Crippen molar-refractivity contribution in [2.75, 3.05) is 26.2 Å². The number of nitrogens with zero attached hydrogens (tertiary/aromatic N) is 4. The van der Waals surface area contributed by atoms with Crippen LogP contribution in [-0.2, 0) is 9.47 Å². The number of ether oxygens (including phenoxy) is 2. The number of benzene rings is 2. The van der Waals surface area contributed by atoms with Crippen molar-refractivity contribution in [1.29, 1.82) is 0 Å². The van der Waals surface area contributed by atoms with Gasteiger partial charge in [-0.25, -0.2) is 4.79 Å². The van der Waals surface area contributed by atoms with Crippen molar-refractivity contribution in [2.24, 2.45) is 11.8 Å². The van der Waals surface area contributed by atoms with E-state index in [9.17, 15) is 25.0 Å². The predicted octanol–water partition coefficient (Wildman–Crippen LogP) is 4.63. The highest BCUT2D eigenvalue weighted by Crippen LogP contribution is 2.45. The predicted molar refractivity (Wildman–Crippen MR) is 135 cm³/mol. The van der Waals surface area contributed by atoms with E-state index in [2.05, 4.69) is 9.80 Å². The first kappa shape index (κ1) is 24.7. The monoisotopic (exact) mass is 522 g/mol. The second-order valence-corrected chi connectivity index (χ2v) is 10.7. The van der Waals surface area contributed by atoms with E-state index in [1.807, 2.05) is 0 Å². The summed E-state index contributed by atoms with van der Waals surface area (Å²) in [6.07, 6.45) is 2.20. The third-order valence-corrected chi connectivity index (χ3v) is 8.84. The van der Waals surface area contributed by atoms with Crippen molar-refractivity contribution in [3.8, 4) is 0 Å². The average molecular weight is 523 g/mol. The van der Waals surface area contributed by atoms with E-state index in [4.69, 9.17) is 9.47 Å². The van der Waals surface area contributed by atoms with E-state index < -0.39 is 28.2 Å². The van der Waals surface area contributed by atoms with Crippen LogP contribution in [0.4, 0.5) is 16.2 Å². The Bertz CT molecular complexity index is 1110. The lowest BCUT2D eigenvalue weighted by Gasteiger charge is -2.51. The molecular weight excluding hydrogens is 492 g/mol. The van der Waals surface area contributed by atoms with Gasteiger partial charge in [-0.15, -0.1) is 0 Å². The number of hydrogen-bond donors (Lipinski definition) is 0. The molecule has 0 radical (unpaired) electrons. The number of nitro benzene ring substituents is 2. The van der Waals surface area contributed by atoms with Gasteiger partial charge in [0.2, 0.25) is 0 Å². The van der Waals surface area contributed by atoms with Crippen molar-refractivity contribution in [2.45, 2.75) is 50.0 Å². The highest BCUT2D eigenvalue weighted by Gasteiger charge is 2.48. The van der Waals surface area contributed by atoms with Crippen LogP contribution in [0.15, 0.2) is 48.5 Å². The van der Waals surface area contributed by atoms with Crippen molar-refractivity contribution < 1.29 is 24.1 Å². The molecule has 0 aliphatic carbocycles. The van der Waals surface area contributed by atoms with Crippen LogP contribution < -0.4 is 0 Å². The fraction of sp³-hybridized carbons (Fsp3) is 0.519. The smallest absolute Gasteiger partial charge is 0.429 e. The molecule has 2 aromatic rings. The minimum atomic E-state index is -0.693. The SMILES string of the molecule is O=C(OC1C2CCN(CC2)C1c1ccc([N+](=O)[O-])cc1)OC1C2CCN(CC2)C1c1ccc([N+](=O)[O-])cc1. The number of piperidine rings is 6. The molecule has 6 heterocycles. The Balaban J connectivity index is 1.21. The Kier molecular flexibility index (Phi) is 6.48. The van der Waals surface area contributed by atoms with E-state index in [1.54, 1.807) is 24.3 Å². The van der Waals surface area contributed by atoms with Crippen LogP contribution in [0.5, 0.6) is 0 Å². The molecule has 0 N–H and O–H groups in total. The first-order chi connectivity index (χ1) is 18.4. The quantitative estimate of drug-likeness (QED) is 0.303. The molecule has 6 saturated heterocycles. The topological polar surface area (TPSA) is 128 Å². The molecule has 11 nitrogen and oxygen atoms in total. The Morgan fingerprint density at radius 1 is 0.658 bits per heavy atom. The number of hydrogen-bond acceptors (Lipinski definition) is 9. The molecule has 8 rings (SSSR count). The van der Waals surface area contributed by atoms with E-state index in [0.717, 1.165) is 63.0 Å². The van der Waals surface area contributed by atoms with Gasteiger partial charge in [0.15, 0.2) is 0 Å². The standard InChI is InChI=1S/C27H30N4O7/c32-27(37-25-19-9-13-28(14-10-19)23(25)17-1-5-21(6-2-17)30(33)34)38-26-20-11-15-29(16-12-20)24(26)18-3-7-22(8-4-18)31(35)36/h1-8,19-20,23-26H,9-16H2. The fourth-order valence-corrected chi connectivity index (χ4v) is 6.94. The number of non-ortho nitro benzene ring substituents is 2. The zero-order valence-electron chi connectivity index (χ0n) is 20.9. The van der Waals surface area contributed by atoms with E-state index >= 15 is 0 Å². The number of carbonyl (C=O) groups excluding carboxylic acids is 1. The van der Waals surface area contributed by atoms with E-state index in [0.29, 0.717) is 0 Å². The molecule has 0 saturated carbocycles. The molecule has 0 spiro atoms. The molecule has 6 aliphatic rings. The Hall–Kier alpha value is -3.57. The molecule has 6 fully saturated rings. The summed E-state index contributed by atoms with van der Waals surface area (Å²) >= 11 is 0. The second kappa shape index (κ2) is 9.95. The fourth-order valence-electron chi connectivity index (χ4n) is 6.94. The van der Waals surface area contributed by atoms with Gasteiger partial charge in [-0.2, -0.15) is 0 Å². The summed E-state index contributed by atoms with van der Waals surface area (Å²) in [4.78, 5) is 39.3. The molecule has 38 heavy (non-hydrogen) atoms. The van der Waals surface area contributed by atoms with Crippen LogP contribution in [0.3, 0.4) is 0 Å². The molecule has 4 atom stereocenters. The first-order valence-electron chi connectivity index (χ1n) is 13.2. The summed E-state index contributed by atoms with van der Waals surface area (Å²) in [6.45, 7) is 3.57. The average Bonchev–Trinajstić information content (AvgIpc) is 2.94. The third-order valence-electron chi connectivity index (χ3n) is 8.84. The van der Waals surface area contributed by atoms with Gasteiger partial charge in [0, 0.05) is 36.1 Å². The lowest BCUT2D eigenvalue weighted by molar-refractivity contribution is -0.385. The molecule has 4 unspecified atom stereocenters. The highest BCUT2D eigenvalue weighted by atomic mass is 16.7. The zero-order chi connectivity index (χ0) is 26.4. The van der Waals surface area contributed by atoms with Gasteiger partial charge in [0.25, 0.3) is 11.4 Å². The molecule has 200 valence electrons. The van der Waals surface area contributed by atoms with Gasteiger partial charge >= 0.3 is 6.16 Å². The van der Waals surface area contributed by atoms with Crippen molar-refractivity contribution in [1.82, 2.24) is 9.80 Å². The summed E-state index contributed by atoms with van der Waals surface area (Å²) in [5.74, 6) is 0.398. The van der Waals surface area contributed by atoms with E-state index in [-0.39, 0.29) is 35.3 Å². The van der Waals surface area contributed by atoms with E-state index in [1.165, 1.54) is 24.3 Å². The maximum atomic E-state index is 13.3. The molecule has 2 aromatic carbocycles. The lowest BCUT2D eigenvalue weighted by Crippen LogP contribution is -2.56. The summed E-state index contributed by atoms with van der Waals surface area (Å²) in [5.41, 5.74) is 1.84. The minimum absolute atomic E-state index is 0.0289. The maximum absolute atomic E-state index is 13.3. The van der Waals surface area contributed by atoms with Gasteiger partial charge in [-0.3, -0.25) is 30.0 Å². The normalized spacial score (nSPS) is 33.5. The first-order valence-corrected chi connectivity index (χ1v) is 13.2. The summed E-state index contributed by atoms with van der Waals surface area (Å²) in [7, 11) is 0. The van der Waals surface area contributed by atoms with Gasteiger partial charge in [0.1, 0.15) is 12.2 Å². The summed E-state index contributed by atoms with van der Waals surface area (Å²) in [6, 6.07) is 12.7. The second-order valence-electron chi connectivity index (χ2n) is 10.7. The summed E-state index contributed by atoms with van der Waals surface area (Å²) < 4.78 is 12.1. The number of fused-ring (bicyclic) bond motifs is 6. The number of carbonyl (C=O) groups is 1. The van der Waals surface area contributed by atoms with Crippen LogP contribution in [0, 0.1) is 32.1 Å². The lowest BCUT2D eigenvalue weighted by atomic mass is 9.78. The largest absolute Gasteiger partial charge is 0.508 e. The Morgan fingerprint density at radius 2 is 1.00 bits per heavy atom. The van der Waals surface area contributed by atoms with Gasteiger partial charge in [-0.1, -0.05) is 24.3 Å². The van der Waals surface area contributed by atoms with Crippen molar-refractivity contribution in [3.63, 3.8) is 0 Å². The van der Waals surface area contributed by atoms with Crippen molar-refractivity contribution in [3.05, 3.63) is 79.9 Å². The molecular formula is C27H30N4O7. The van der Waals surface area contributed by atoms with Gasteiger partial charge in [-0.05, 0) is 63.0 Å². The number of nitro groups is 2.